The van der Waals surface area contributed by atoms with Gasteiger partial charge in [-0.05, 0) is 30.5 Å². The summed E-state index contributed by atoms with van der Waals surface area (Å²) in [6.07, 6.45) is 1.46. The number of hydrogen-bond acceptors (Lipinski definition) is 1. The summed E-state index contributed by atoms with van der Waals surface area (Å²) in [5.41, 5.74) is 0.688. The normalized spacial score (nSPS) is 32.7. The van der Waals surface area contributed by atoms with Crippen LogP contribution in [0.1, 0.15) is 25.3 Å². The lowest BCUT2D eigenvalue weighted by molar-refractivity contribution is 0.00407. The van der Waals surface area contributed by atoms with Gasteiger partial charge in [0, 0.05) is 5.41 Å². The molecule has 1 aliphatic rings. The molecule has 1 aromatic carbocycles. The summed E-state index contributed by atoms with van der Waals surface area (Å²) in [5, 5.41) is 9.59. The van der Waals surface area contributed by atoms with Gasteiger partial charge in [0.15, 0.2) is 0 Å². The van der Waals surface area contributed by atoms with Gasteiger partial charge in [0.1, 0.15) is 5.82 Å². The molecule has 0 amide bonds. The number of aliphatic hydroxyl groups is 1. The largest absolute Gasteiger partial charge is 0.392 e. The molecule has 2 rings (SSSR count). The number of aliphatic hydroxyl groups excluding tert-OH is 1. The van der Waals surface area contributed by atoms with Gasteiger partial charge < -0.3 is 5.11 Å². The quantitative estimate of drug-likeness (QED) is 0.702. The van der Waals surface area contributed by atoms with Crippen LogP contribution in [-0.2, 0) is 5.41 Å². The number of benzene rings is 1. The van der Waals surface area contributed by atoms with Crippen LogP contribution in [0.15, 0.2) is 24.3 Å². The highest BCUT2D eigenvalue weighted by Crippen LogP contribution is 2.43. The fourth-order valence-corrected chi connectivity index (χ4v) is 1.89. The number of hydrogen-bond donors (Lipinski definition) is 1. The van der Waals surface area contributed by atoms with Gasteiger partial charge in [-0.1, -0.05) is 19.1 Å². The Kier molecular flexibility index (Phi) is 1.88. The van der Waals surface area contributed by atoms with Crippen molar-refractivity contribution < 1.29 is 9.50 Å². The molecule has 0 radical (unpaired) electrons. The summed E-state index contributed by atoms with van der Waals surface area (Å²) < 4.78 is 12.9. The third-order valence-corrected chi connectivity index (χ3v) is 3.16. The first-order valence-electron chi connectivity index (χ1n) is 4.57. The van der Waals surface area contributed by atoms with Crippen LogP contribution < -0.4 is 0 Å². The van der Waals surface area contributed by atoms with Crippen molar-refractivity contribution in [3.8, 4) is 0 Å². The highest BCUT2D eigenvalue weighted by atomic mass is 19.1. The van der Waals surface area contributed by atoms with Gasteiger partial charge in [-0.15, -0.1) is 0 Å². The van der Waals surface area contributed by atoms with Gasteiger partial charge in [0.05, 0.1) is 6.10 Å². The van der Waals surface area contributed by atoms with Crippen LogP contribution in [0, 0.1) is 5.82 Å². The van der Waals surface area contributed by atoms with Crippen molar-refractivity contribution >= 4 is 0 Å². The highest BCUT2D eigenvalue weighted by molar-refractivity contribution is 5.29. The van der Waals surface area contributed by atoms with E-state index in [9.17, 15) is 9.50 Å². The molecule has 0 aromatic heterocycles. The van der Waals surface area contributed by atoms with E-state index >= 15 is 0 Å². The molecule has 0 heterocycles. The first kappa shape index (κ1) is 8.70. The Labute approximate surface area is 77.2 Å². The molecular formula is C11H13FO. The standard InChI is InChI=1S/C11H13FO/c1-11(6-5-10(11)13)8-3-2-4-9(12)7-8/h2-4,7,10,13H,5-6H2,1H3. The van der Waals surface area contributed by atoms with Crippen molar-refractivity contribution in [2.24, 2.45) is 0 Å². The zero-order valence-electron chi connectivity index (χ0n) is 7.63. The summed E-state index contributed by atoms with van der Waals surface area (Å²) in [5.74, 6) is -0.224. The Morgan fingerprint density at radius 3 is 2.77 bits per heavy atom. The second-order valence-electron chi connectivity index (χ2n) is 3.98. The average Bonchev–Trinajstić information content (AvgIpc) is 2.14. The fourth-order valence-electron chi connectivity index (χ4n) is 1.89. The molecule has 1 fully saturated rings. The minimum Gasteiger partial charge on any atom is -0.392 e. The minimum absolute atomic E-state index is 0.220. The second kappa shape index (κ2) is 2.81. The lowest BCUT2D eigenvalue weighted by Crippen LogP contribution is -2.46. The Hall–Kier alpha value is -0.890. The third-order valence-electron chi connectivity index (χ3n) is 3.16. The van der Waals surface area contributed by atoms with Gasteiger partial charge in [0.2, 0.25) is 0 Å². The maximum absolute atomic E-state index is 12.9. The van der Waals surface area contributed by atoms with Crippen molar-refractivity contribution in [1.29, 1.82) is 0 Å². The molecule has 0 aliphatic heterocycles. The summed E-state index contributed by atoms with van der Waals surface area (Å²) >= 11 is 0. The molecule has 2 heteroatoms. The molecular weight excluding hydrogens is 167 g/mol. The number of halogens is 1. The molecule has 1 aromatic rings. The van der Waals surface area contributed by atoms with E-state index in [4.69, 9.17) is 0 Å². The smallest absolute Gasteiger partial charge is 0.123 e. The van der Waals surface area contributed by atoms with E-state index in [1.54, 1.807) is 6.07 Å². The van der Waals surface area contributed by atoms with Crippen LogP contribution in [0.2, 0.25) is 0 Å². The molecule has 1 N–H and O–H groups in total. The average molecular weight is 180 g/mol. The Morgan fingerprint density at radius 2 is 2.31 bits per heavy atom. The van der Waals surface area contributed by atoms with Crippen molar-refractivity contribution in [1.82, 2.24) is 0 Å². The number of rotatable bonds is 1. The predicted octanol–water partition coefficient (Wildman–Crippen LogP) is 2.24. The maximum atomic E-state index is 12.9. The monoisotopic (exact) mass is 180 g/mol. The van der Waals surface area contributed by atoms with E-state index in [1.165, 1.54) is 12.1 Å². The van der Waals surface area contributed by atoms with Crippen LogP contribution in [0.3, 0.4) is 0 Å². The predicted molar refractivity (Wildman–Crippen MR) is 49.0 cm³/mol. The van der Waals surface area contributed by atoms with Gasteiger partial charge in [-0.25, -0.2) is 4.39 Å². The van der Waals surface area contributed by atoms with Gasteiger partial charge >= 0.3 is 0 Å². The van der Waals surface area contributed by atoms with Gasteiger partial charge in [-0.2, -0.15) is 0 Å². The molecule has 1 nitrogen and oxygen atoms in total. The molecule has 0 saturated heterocycles. The van der Waals surface area contributed by atoms with Gasteiger partial charge in [-0.3, -0.25) is 0 Å². The van der Waals surface area contributed by atoms with Crippen LogP contribution >= 0.6 is 0 Å². The van der Waals surface area contributed by atoms with E-state index in [1.807, 2.05) is 13.0 Å². The van der Waals surface area contributed by atoms with Crippen LogP contribution in [0.4, 0.5) is 4.39 Å². The lowest BCUT2D eigenvalue weighted by atomic mass is 9.63. The molecule has 0 spiro atoms. The SMILES string of the molecule is CC1(c2cccc(F)c2)CCC1O. The summed E-state index contributed by atoms with van der Waals surface area (Å²) in [6.45, 7) is 1.98. The topological polar surface area (TPSA) is 20.2 Å². The van der Waals surface area contributed by atoms with Crippen LogP contribution in [0.25, 0.3) is 0 Å². The van der Waals surface area contributed by atoms with Crippen LogP contribution in [0.5, 0.6) is 0 Å². The molecule has 13 heavy (non-hydrogen) atoms. The van der Waals surface area contributed by atoms with E-state index < -0.39 is 0 Å². The fraction of sp³-hybridized carbons (Fsp3) is 0.455. The Balaban J connectivity index is 2.35. The zero-order chi connectivity index (χ0) is 9.47. The summed E-state index contributed by atoms with van der Waals surface area (Å²) in [6, 6.07) is 6.52. The van der Waals surface area contributed by atoms with Gasteiger partial charge in [0.25, 0.3) is 0 Å². The first-order valence-corrected chi connectivity index (χ1v) is 4.57. The summed E-state index contributed by atoms with van der Waals surface area (Å²) in [4.78, 5) is 0. The van der Waals surface area contributed by atoms with Crippen LogP contribution in [-0.4, -0.2) is 11.2 Å². The van der Waals surface area contributed by atoms with Crippen molar-refractivity contribution in [3.63, 3.8) is 0 Å². The van der Waals surface area contributed by atoms with Crippen molar-refractivity contribution in [2.45, 2.75) is 31.3 Å². The minimum atomic E-state index is -0.311. The molecule has 2 unspecified atom stereocenters. The molecule has 2 atom stereocenters. The lowest BCUT2D eigenvalue weighted by Gasteiger charge is -2.44. The van der Waals surface area contributed by atoms with E-state index in [-0.39, 0.29) is 17.3 Å². The molecule has 70 valence electrons. The second-order valence-corrected chi connectivity index (χ2v) is 3.98. The van der Waals surface area contributed by atoms with E-state index in [0.717, 1.165) is 18.4 Å². The van der Waals surface area contributed by atoms with Crippen molar-refractivity contribution in [3.05, 3.63) is 35.6 Å². The maximum Gasteiger partial charge on any atom is 0.123 e. The molecule has 0 bridgehead atoms. The Bertz CT molecular complexity index is 324. The first-order chi connectivity index (χ1) is 6.13. The Morgan fingerprint density at radius 1 is 1.54 bits per heavy atom. The molecule has 1 aliphatic carbocycles. The summed E-state index contributed by atoms with van der Waals surface area (Å²) in [7, 11) is 0. The van der Waals surface area contributed by atoms with Crippen molar-refractivity contribution in [2.75, 3.05) is 0 Å². The highest BCUT2D eigenvalue weighted by Gasteiger charge is 2.42. The van der Waals surface area contributed by atoms with E-state index in [0.29, 0.717) is 0 Å². The zero-order valence-corrected chi connectivity index (χ0v) is 7.63. The molecule has 1 saturated carbocycles. The van der Waals surface area contributed by atoms with E-state index in [2.05, 4.69) is 0 Å². The third kappa shape index (κ3) is 1.25.